The Morgan fingerprint density at radius 3 is 2.53 bits per heavy atom. The fraction of sp³-hybridized carbons (Fsp3) is 0.375. The van der Waals surface area contributed by atoms with Crippen LogP contribution >= 0.6 is 0 Å². The summed E-state index contributed by atoms with van der Waals surface area (Å²) in [6.45, 7) is 5.51. The first-order valence-corrected chi connectivity index (χ1v) is 11.0. The van der Waals surface area contributed by atoms with Crippen molar-refractivity contribution in [3.63, 3.8) is 0 Å². The van der Waals surface area contributed by atoms with E-state index in [1.165, 1.54) is 17.8 Å². The third-order valence-corrected chi connectivity index (χ3v) is 5.61. The molecule has 0 atom stereocenters. The Labute approximate surface area is 187 Å². The predicted molar refractivity (Wildman–Crippen MR) is 121 cm³/mol. The van der Waals surface area contributed by atoms with Crippen molar-refractivity contribution >= 4 is 11.6 Å². The molecule has 0 aliphatic carbocycles. The Hall–Kier alpha value is -3.26. The number of hydrogen-bond donors (Lipinski definition) is 1. The van der Waals surface area contributed by atoms with E-state index in [1.807, 2.05) is 6.07 Å². The third kappa shape index (κ3) is 6.13. The van der Waals surface area contributed by atoms with E-state index in [1.54, 1.807) is 12.1 Å². The predicted octanol–water partition coefficient (Wildman–Crippen LogP) is 3.14. The van der Waals surface area contributed by atoms with E-state index in [0.29, 0.717) is 43.1 Å². The molecular formula is C24H28FN5O2. The molecule has 1 aliphatic rings. The maximum Gasteiger partial charge on any atom is 0.226 e. The van der Waals surface area contributed by atoms with Crippen LogP contribution in [0.15, 0.2) is 59.1 Å². The molecule has 0 spiro atoms. The van der Waals surface area contributed by atoms with Gasteiger partial charge in [0, 0.05) is 63.4 Å². The summed E-state index contributed by atoms with van der Waals surface area (Å²) in [5.74, 6) is 0.634. The van der Waals surface area contributed by atoms with Crippen LogP contribution in [-0.4, -0.2) is 60.2 Å². The molecule has 7 nitrogen and oxygen atoms in total. The Bertz CT molecular complexity index is 985. The number of piperazine rings is 1. The summed E-state index contributed by atoms with van der Waals surface area (Å²) in [5.41, 5.74) is 1.97. The lowest BCUT2D eigenvalue weighted by Crippen LogP contribution is -2.48. The van der Waals surface area contributed by atoms with E-state index in [-0.39, 0.29) is 11.7 Å². The van der Waals surface area contributed by atoms with Gasteiger partial charge in [0.25, 0.3) is 0 Å². The summed E-state index contributed by atoms with van der Waals surface area (Å²) in [6.07, 6.45) is 1.58. The SMILES string of the molecule is O=C(CCCc1nc(-c2ccc(F)cc2)no1)NCCN1CCN(c2ccccc2)CC1. The number of benzene rings is 2. The van der Waals surface area contributed by atoms with Crippen LogP contribution in [0.2, 0.25) is 0 Å². The molecule has 168 valence electrons. The number of nitrogens with one attached hydrogen (secondary N) is 1. The topological polar surface area (TPSA) is 74.5 Å². The molecule has 2 aromatic carbocycles. The molecule has 32 heavy (non-hydrogen) atoms. The molecule has 0 radical (unpaired) electrons. The lowest BCUT2D eigenvalue weighted by atomic mass is 10.2. The van der Waals surface area contributed by atoms with Crippen LogP contribution in [0.5, 0.6) is 0 Å². The van der Waals surface area contributed by atoms with Gasteiger partial charge in [-0.3, -0.25) is 9.69 Å². The van der Waals surface area contributed by atoms with Crippen LogP contribution in [0.3, 0.4) is 0 Å². The number of nitrogens with zero attached hydrogens (tertiary/aromatic N) is 4. The van der Waals surface area contributed by atoms with Crippen molar-refractivity contribution in [1.29, 1.82) is 0 Å². The smallest absolute Gasteiger partial charge is 0.226 e. The van der Waals surface area contributed by atoms with E-state index < -0.39 is 0 Å². The normalized spacial score (nSPS) is 14.5. The minimum atomic E-state index is -0.307. The first kappa shape index (κ1) is 22.0. The van der Waals surface area contributed by atoms with Gasteiger partial charge in [0.2, 0.25) is 17.6 Å². The third-order valence-electron chi connectivity index (χ3n) is 5.61. The number of aryl methyl sites for hydroxylation is 1. The van der Waals surface area contributed by atoms with Crippen molar-refractivity contribution < 1.29 is 13.7 Å². The molecule has 1 amide bonds. The van der Waals surface area contributed by atoms with Gasteiger partial charge in [0.1, 0.15) is 5.82 Å². The fourth-order valence-electron chi connectivity index (χ4n) is 3.78. The molecule has 4 rings (SSSR count). The Kier molecular flexibility index (Phi) is 7.45. The summed E-state index contributed by atoms with van der Waals surface area (Å²) >= 11 is 0. The van der Waals surface area contributed by atoms with Gasteiger partial charge in [-0.15, -0.1) is 0 Å². The molecule has 1 N–H and O–H groups in total. The van der Waals surface area contributed by atoms with Gasteiger partial charge in [-0.05, 0) is 42.8 Å². The first-order valence-electron chi connectivity index (χ1n) is 11.0. The van der Waals surface area contributed by atoms with E-state index >= 15 is 0 Å². The van der Waals surface area contributed by atoms with Gasteiger partial charge in [-0.1, -0.05) is 23.4 Å². The zero-order valence-electron chi connectivity index (χ0n) is 18.0. The minimum absolute atomic E-state index is 0.0335. The van der Waals surface area contributed by atoms with E-state index in [9.17, 15) is 9.18 Å². The second kappa shape index (κ2) is 10.9. The van der Waals surface area contributed by atoms with Gasteiger partial charge in [0.15, 0.2) is 0 Å². The maximum atomic E-state index is 13.0. The number of carbonyl (C=O) groups excluding carboxylic acids is 1. The lowest BCUT2D eigenvalue weighted by Gasteiger charge is -2.36. The molecule has 3 aromatic rings. The highest BCUT2D eigenvalue weighted by Gasteiger charge is 2.17. The number of para-hydroxylation sites is 1. The summed E-state index contributed by atoms with van der Waals surface area (Å²) < 4.78 is 18.3. The number of halogens is 1. The molecule has 1 aromatic heterocycles. The highest BCUT2D eigenvalue weighted by Crippen LogP contribution is 2.17. The molecule has 1 fully saturated rings. The highest BCUT2D eigenvalue weighted by molar-refractivity contribution is 5.75. The fourth-order valence-corrected chi connectivity index (χ4v) is 3.78. The standard InChI is InChI=1S/C24H28FN5O2/c25-20-11-9-19(10-12-20)24-27-23(32-28-24)8-4-7-22(31)26-13-14-29-15-17-30(18-16-29)21-5-2-1-3-6-21/h1-3,5-6,9-12H,4,7-8,13-18H2,(H,26,31). The molecule has 1 saturated heterocycles. The van der Waals surface area contributed by atoms with Crippen LogP contribution < -0.4 is 10.2 Å². The van der Waals surface area contributed by atoms with Crippen molar-refractivity contribution in [2.24, 2.45) is 0 Å². The number of rotatable bonds is 9. The van der Waals surface area contributed by atoms with Gasteiger partial charge < -0.3 is 14.7 Å². The van der Waals surface area contributed by atoms with Crippen molar-refractivity contribution in [1.82, 2.24) is 20.4 Å². The lowest BCUT2D eigenvalue weighted by molar-refractivity contribution is -0.121. The monoisotopic (exact) mass is 437 g/mol. The Balaban J connectivity index is 1.10. The zero-order chi connectivity index (χ0) is 22.2. The summed E-state index contributed by atoms with van der Waals surface area (Å²) in [4.78, 5) is 21.2. The van der Waals surface area contributed by atoms with Gasteiger partial charge in [-0.2, -0.15) is 4.98 Å². The molecule has 0 bridgehead atoms. The van der Waals surface area contributed by atoms with Crippen LogP contribution in [0.1, 0.15) is 18.7 Å². The van der Waals surface area contributed by atoms with Crippen molar-refractivity contribution in [3.8, 4) is 11.4 Å². The largest absolute Gasteiger partial charge is 0.369 e. The molecule has 0 saturated carbocycles. The summed E-state index contributed by atoms with van der Waals surface area (Å²) in [5, 5.41) is 6.92. The number of anilines is 1. The van der Waals surface area contributed by atoms with Crippen molar-refractivity contribution in [2.75, 3.05) is 44.2 Å². The highest BCUT2D eigenvalue weighted by atomic mass is 19.1. The van der Waals surface area contributed by atoms with E-state index in [2.05, 4.69) is 49.5 Å². The summed E-state index contributed by atoms with van der Waals surface area (Å²) in [7, 11) is 0. The molecule has 8 heteroatoms. The molecule has 2 heterocycles. The maximum absolute atomic E-state index is 13.0. The number of amides is 1. The number of aromatic nitrogens is 2. The second-order valence-corrected chi connectivity index (χ2v) is 7.89. The minimum Gasteiger partial charge on any atom is -0.369 e. The van der Waals surface area contributed by atoms with Crippen LogP contribution in [0.25, 0.3) is 11.4 Å². The van der Waals surface area contributed by atoms with Crippen LogP contribution in [0, 0.1) is 5.82 Å². The zero-order valence-corrected chi connectivity index (χ0v) is 18.0. The van der Waals surface area contributed by atoms with Gasteiger partial charge >= 0.3 is 0 Å². The number of carbonyl (C=O) groups is 1. The molecule has 1 aliphatic heterocycles. The average molecular weight is 438 g/mol. The van der Waals surface area contributed by atoms with Crippen molar-refractivity contribution in [2.45, 2.75) is 19.3 Å². The summed E-state index contributed by atoms with van der Waals surface area (Å²) in [6, 6.07) is 16.4. The quantitative estimate of drug-likeness (QED) is 0.554. The first-order chi connectivity index (χ1) is 15.7. The number of hydrogen-bond acceptors (Lipinski definition) is 6. The Morgan fingerprint density at radius 2 is 1.78 bits per heavy atom. The average Bonchev–Trinajstić information content (AvgIpc) is 3.29. The van der Waals surface area contributed by atoms with Crippen LogP contribution in [-0.2, 0) is 11.2 Å². The van der Waals surface area contributed by atoms with Crippen LogP contribution in [0.4, 0.5) is 10.1 Å². The van der Waals surface area contributed by atoms with Crippen molar-refractivity contribution in [3.05, 3.63) is 66.3 Å². The van der Waals surface area contributed by atoms with E-state index in [0.717, 1.165) is 32.7 Å². The van der Waals surface area contributed by atoms with Gasteiger partial charge in [-0.25, -0.2) is 4.39 Å². The Morgan fingerprint density at radius 1 is 1.03 bits per heavy atom. The molecular weight excluding hydrogens is 409 g/mol. The van der Waals surface area contributed by atoms with Gasteiger partial charge in [0.05, 0.1) is 0 Å². The van der Waals surface area contributed by atoms with E-state index in [4.69, 9.17) is 4.52 Å². The second-order valence-electron chi connectivity index (χ2n) is 7.89. The molecule has 0 unspecified atom stereocenters.